The Kier molecular flexibility index (Phi) is 3.71. The smallest absolute Gasteiger partial charge is 0.358 e. The Morgan fingerprint density at radius 3 is 2.44 bits per heavy atom. The first-order valence-corrected chi connectivity index (χ1v) is 5.88. The molecule has 4 nitrogen and oxygen atoms in total. The van der Waals surface area contributed by atoms with Crippen LogP contribution in [0.25, 0.3) is 11.1 Å². The van der Waals surface area contributed by atoms with Crippen molar-refractivity contribution in [1.82, 2.24) is 4.98 Å². The van der Waals surface area contributed by atoms with Crippen molar-refractivity contribution in [1.29, 1.82) is 0 Å². The number of rotatable bonds is 2. The first kappa shape index (κ1) is 13.1. The van der Waals surface area contributed by atoms with E-state index in [-0.39, 0.29) is 5.82 Å². The molecule has 1 aromatic heterocycles. The van der Waals surface area contributed by atoms with E-state index in [1.165, 1.54) is 18.3 Å². The highest BCUT2D eigenvalue weighted by Crippen LogP contribution is 2.36. The Balaban J connectivity index is 2.52. The molecule has 0 spiro atoms. The van der Waals surface area contributed by atoms with E-state index in [4.69, 9.17) is 34.8 Å². The first-order valence-electron chi connectivity index (χ1n) is 4.74. The van der Waals surface area contributed by atoms with Crippen molar-refractivity contribution in [3.8, 4) is 11.1 Å². The second kappa shape index (κ2) is 5.10. The molecule has 0 aliphatic rings. The van der Waals surface area contributed by atoms with Gasteiger partial charge in [0.05, 0.1) is 10.0 Å². The molecule has 18 heavy (non-hydrogen) atoms. The van der Waals surface area contributed by atoms with Gasteiger partial charge < -0.3 is 10.1 Å². The molecule has 0 unspecified atom stereocenters. The minimum absolute atomic E-state index is 0.233. The van der Waals surface area contributed by atoms with Crippen LogP contribution in [-0.2, 0) is 0 Å². The lowest BCUT2D eigenvalue weighted by molar-refractivity contribution is -0.389. The lowest BCUT2D eigenvalue weighted by atomic mass is 10.1. The summed E-state index contributed by atoms with van der Waals surface area (Å²) in [5.41, 5.74) is 1.19. The lowest BCUT2D eigenvalue weighted by Crippen LogP contribution is -1.91. The van der Waals surface area contributed by atoms with Gasteiger partial charge in [-0.25, -0.2) is 0 Å². The molecule has 1 heterocycles. The summed E-state index contributed by atoms with van der Waals surface area (Å²) >= 11 is 17.8. The minimum Gasteiger partial charge on any atom is -0.358 e. The summed E-state index contributed by atoms with van der Waals surface area (Å²) in [6, 6.07) is 5.98. The normalized spacial score (nSPS) is 10.4. The molecule has 0 aliphatic carbocycles. The Hall–Kier alpha value is -1.36. The maximum atomic E-state index is 10.5. The van der Waals surface area contributed by atoms with Crippen molar-refractivity contribution in [2.45, 2.75) is 0 Å². The molecule has 0 saturated heterocycles. The topological polar surface area (TPSA) is 56.0 Å². The fourth-order valence-corrected chi connectivity index (χ4v) is 2.13. The minimum atomic E-state index is -0.573. The highest BCUT2D eigenvalue weighted by molar-refractivity contribution is 6.45. The second-order valence-electron chi connectivity index (χ2n) is 3.41. The van der Waals surface area contributed by atoms with E-state index >= 15 is 0 Å². The molecule has 0 atom stereocenters. The Labute approximate surface area is 117 Å². The van der Waals surface area contributed by atoms with Crippen molar-refractivity contribution in [3.05, 3.63) is 55.6 Å². The number of nitro groups is 1. The zero-order chi connectivity index (χ0) is 13.3. The number of hydrogen-bond acceptors (Lipinski definition) is 3. The van der Waals surface area contributed by atoms with Crippen molar-refractivity contribution in [2.24, 2.45) is 0 Å². The summed E-state index contributed by atoms with van der Waals surface area (Å²) in [6.07, 6.45) is 1.35. The Morgan fingerprint density at radius 2 is 1.89 bits per heavy atom. The zero-order valence-electron chi connectivity index (χ0n) is 8.73. The van der Waals surface area contributed by atoms with Crippen LogP contribution in [0.2, 0.25) is 15.1 Å². The number of benzene rings is 1. The predicted molar refractivity (Wildman–Crippen MR) is 71.4 cm³/mol. The summed E-state index contributed by atoms with van der Waals surface area (Å²) in [6.45, 7) is 0. The highest BCUT2D eigenvalue weighted by Gasteiger charge is 2.13. The maximum absolute atomic E-state index is 10.5. The van der Waals surface area contributed by atoms with Gasteiger partial charge in [0.1, 0.15) is 6.20 Å². The van der Waals surface area contributed by atoms with Gasteiger partial charge in [-0.2, -0.15) is 0 Å². The van der Waals surface area contributed by atoms with Crippen LogP contribution in [0, 0.1) is 10.1 Å². The van der Waals surface area contributed by atoms with Gasteiger partial charge in [0.15, 0.2) is 0 Å². The van der Waals surface area contributed by atoms with E-state index in [0.717, 1.165) is 0 Å². The Bertz CT molecular complexity index is 614. The number of halogens is 3. The molecule has 0 amide bonds. The van der Waals surface area contributed by atoms with Gasteiger partial charge in [-0.05, 0) is 28.1 Å². The van der Waals surface area contributed by atoms with Crippen LogP contribution in [0.3, 0.4) is 0 Å². The molecule has 0 aliphatic heterocycles. The van der Waals surface area contributed by atoms with E-state index in [2.05, 4.69) is 4.98 Å². The third-order valence-corrected chi connectivity index (χ3v) is 3.26. The molecule has 92 valence electrons. The zero-order valence-corrected chi connectivity index (χ0v) is 11.0. The predicted octanol–water partition coefficient (Wildman–Crippen LogP) is 4.62. The quantitative estimate of drug-likeness (QED) is 0.462. The molecule has 0 N–H and O–H groups in total. The third-order valence-electron chi connectivity index (χ3n) is 2.24. The van der Waals surface area contributed by atoms with Gasteiger partial charge in [0.25, 0.3) is 0 Å². The van der Waals surface area contributed by atoms with E-state index in [1.807, 2.05) is 0 Å². The van der Waals surface area contributed by atoms with Gasteiger partial charge in [0, 0.05) is 22.2 Å². The first-order chi connectivity index (χ1) is 8.49. The molecule has 0 bridgehead atoms. The molecule has 7 heteroatoms. The second-order valence-corrected chi connectivity index (χ2v) is 4.63. The van der Waals surface area contributed by atoms with Crippen LogP contribution < -0.4 is 0 Å². The Morgan fingerprint density at radius 1 is 1.17 bits per heavy atom. The molecule has 0 radical (unpaired) electrons. The van der Waals surface area contributed by atoms with E-state index in [9.17, 15) is 10.1 Å². The van der Waals surface area contributed by atoms with Gasteiger partial charge >= 0.3 is 5.82 Å². The molecular weight excluding hydrogens is 298 g/mol. The third kappa shape index (κ3) is 2.56. The van der Waals surface area contributed by atoms with Crippen LogP contribution >= 0.6 is 34.8 Å². The van der Waals surface area contributed by atoms with Gasteiger partial charge in [0.2, 0.25) is 0 Å². The maximum Gasteiger partial charge on any atom is 0.363 e. The van der Waals surface area contributed by atoms with Crippen LogP contribution in [-0.4, -0.2) is 9.91 Å². The lowest BCUT2D eigenvalue weighted by Gasteiger charge is -2.05. The van der Waals surface area contributed by atoms with Gasteiger partial charge in [-0.1, -0.05) is 34.8 Å². The van der Waals surface area contributed by atoms with Gasteiger partial charge in [-0.15, -0.1) is 0 Å². The molecule has 0 saturated carbocycles. The van der Waals surface area contributed by atoms with Crippen molar-refractivity contribution in [3.63, 3.8) is 0 Å². The molecule has 0 fully saturated rings. The summed E-state index contributed by atoms with van der Waals surface area (Å²) in [7, 11) is 0. The van der Waals surface area contributed by atoms with Crippen LogP contribution in [0.15, 0.2) is 30.5 Å². The fourth-order valence-electron chi connectivity index (χ4n) is 1.42. The van der Waals surface area contributed by atoms with Crippen LogP contribution in [0.5, 0.6) is 0 Å². The summed E-state index contributed by atoms with van der Waals surface area (Å²) in [4.78, 5) is 13.6. The standard InChI is InChI=1S/C11H5Cl3N2O2/c12-7-3-8(11(14)9(13)4-7)6-1-2-10(15-5-6)16(17)18/h1-5H. The fraction of sp³-hybridized carbons (Fsp3) is 0. The monoisotopic (exact) mass is 302 g/mol. The summed E-state index contributed by atoms with van der Waals surface area (Å²) < 4.78 is 0. The number of hydrogen-bond donors (Lipinski definition) is 0. The number of nitrogens with zero attached hydrogens (tertiary/aromatic N) is 2. The van der Waals surface area contributed by atoms with Crippen LogP contribution in [0.1, 0.15) is 0 Å². The van der Waals surface area contributed by atoms with Crippen molar-refractivity contribution in [2.75, 3.05) is 0 Å². The summed E-state index contributed by atoms with van der Waals surface area (Å²) in [5, 5.41) is 11.6. The SMILES string of the molecule is O=[N+]([O-])c1ccc(-c2cc(Cl)cc(Cl)c2Cl)cn1. The van der Waals surface area contributed by atoms with E-state index < -0.39 is 4.92 Å². The van der Waals surface area contributed by atoms with Crippen molar-refractivity contribution < 1.29 is 4.92 Å². The summed E-state index contributed by atoms with van der Waals surface area (Å²) in [5.74, 6) is -0.233. The van der Waals surface area contributed by atoms with E-state index in [0.29, 0.717) is 26.2 Å². The average molecular weight is 304 g/mol. The average Bonchev–Trinajstić information content (AvgIpc) is 2.34. The number of aromatic nitrogens is 1. The molecule has 2 rings (SSSR count). The van der Waals surface area contributed by atoms with E-state index in [1.54, 1.807) is 12.1 Å². The van der Waals surface area contributed by atoms with Gasteiger partial charge in [-0.3, -0.25) is 0 Å². The highest BCUT2D eigenvalue weighted by atomic mass is 35.5. The van der Waals surface area contributed by atoms with Crippen molar-refractivity contribution >= 4 is 40.6 Å². The largest absolute Gasteiger partial charge is 0.363 e. The molecular formula is C11H5Cl3N2O2. The molecule has 2 aromatic rings. The molecule has 1 aromatic carbocycles. The van der Waals surface area contributed by atoms with Crippen LogP contribution in [0.4, 0.5) is 5.82 Å². The number of pyridine rings is 1.